The van der Waals surface area contributed by atoms with E-state index in [-0.39, 0.29) is 5.41 Å². The molecule has 0 amide bonds. The summed E-state index contributed by atoms with van der Waals surface area (Å²) in [6.45, 7) is 4.70. The van der Waals surface area contributed by atoms with E-state index >= 15 is 0 Å². The van der Waals surface area contributed by atoms with Gasteiger partial charge in [0, 0.05) is 48.6 Å². The average molecular weight is 634 g/mol. The largest absolute Gasteiger partial charge is 0.455 e. The third-order valence-electron chi connectivity index (χ3n) is 10.3. The fraction of sp³-hybridized carbons (Fsp3) is 0.0667. The van der Waals surface area contributed by atoms with Crippen molar-refractivity contribution in [3.05, 3.63) is 163 Å². The van der Waals surface area contributed by atoms with Gasteiger partial charge in [0.1, 0.15) is 11.2 Å². The zero-order valence-electron chi connectivity index (χ0n) is 26.7. The molecule has 2 nitrogen and oxygen atoms in total. The molecule has 48 heavy (non-hydrogen) atoms. The van der Waals surface area contributed by atoms with Crippen LogP contribution in [-0.4, -0.2) is 0 Å². The van der Waals surface area contributed by atoms with Crippen molar-refractivity contribution < 1.29 is 4.42 Å². The highest BCUT2D eigenvalue weighted by Crippen LogP contribution is 2.54. The van der Waals surface area contributed by atoms with Crippen LogP contribution < -0.4 is 4.90 Å². The maximum atomic E-state index is 6.58. The number of anilines is 3. The number of rotatable bonds is 4. The third-order valence-corrected chi connectivity index (χ3v) is 11.5. The normalized spacial score (nSPS) is 13.4. The molecule has 1 aliphatic rings. The van der Waals surface area contributed by atoms with Gasteiger partial charge in [-0.25, -0.2) is 0 Å². The maximum absolute atomic E-state index is 6.58. The Balaban J connectivity index is 1.19. The van der Waals surface area contributed by atoms with Gasteiger partial charge in [-0.3, -0.25) is 0 Å². The van der Waals surface area contributed by atoms with Crippen molar-refractivity contribution in [2.45, 2.75) is 19.3 Å². The van der Waals surface area contributed by atoms with Crippen LogP contribution in [0, 0.1) is 0 Å². The molecule has 0 bridgehead atoms. The van der Waals surface area contributed by atoms with Crippen LogP contribution in [0.1, 0.15) is 25.0 Å². The first-order valence-corrected chi connectivity index (χ1v) is 17.3. The highest BCUT2D eigenvalue weighted by Gasteiger charge is 2.38. The molecule has 0 saturated heterocycles. The number of fused-ring (bicyclic) bond motifs is 10. The van der Waals surface area contributed by atoms with Crippen LogP contribution in [0.3, 0.4) is 0 Å². The van der Waals surface area contributed by atoms with Crippen LogP contribution in [0.25, 0.3) is 64.4 Å². The van der Waals surface area contributed by atoms with Crippen molar-refractivity contribution in [2.24, 2.45) is 0 Å². The first-order valence-electron chi connectivity index (χ1n) is 16.5. The quantitative estimate of drug-likeness (QED) is 0.192. The van der Waals surface area contributed by atoms with Gasteiger partial charge in [0.2, 0.25) is 0 Å². The van der Waals surface area contributed by atoms with Crippen LogP contribution in [0.4, 0.5) is 17.1 Å². The summed E-state index contributed by atoms with van der Waals surface area (Å²) >= 11 is 1.87. The van der Waals surface area contributed by atoms with Crippen molar-refractivity contribution in [2.75, 3.05) is 4.90 Å². The lowest BCUT2D eigenvalue weighted by Crippen LogP contribution is -2.16. The van der Waals surface area contributed by atoms with Gasteiger partial charge in [0.15, 0.2) is 0 Å². The summed E-state index contributed by atoms with van der Waals surface area (Å²) in [7, 11) is 0. The first-order chi connectivity index (χ1) is 23.6. The summed E-state index contributed by atoms with van der Waals surface area (Å²) in [6, 6.07) is 55.1. The summed E-state index contributed by atoms with van der Waals surface area (Å²) in [5, 5.41) is 4.94. The van der Waals surface area contributed by atoms with E-state index in [1.165, 1.54) is 70.0 Å². The number of para-hydroxylation sites is 1. The van der Waals surface area contributed by atoms with Crippen molar-refractivity contribution in [1.82, 2.24) is 0 Å². The lowest BCUT2D eigenvalue weighted by atomic mass is 9.82. The molecule has 2 aromatic heterocycles. The van der Waals surface area contributed by atoms with E-state index in [1.807, 2.05) is 17.4 Å². The second-order valence-corrected chi connectivity index (χ2v) is 14.4. The molecule has 7 aromatic carbocycles. The summed E-state index contributed by atoms with van der Waals surface area (Å²) in [5.41, 5.74) is 12.7. The minimum absolute atomic E-state index is 0.194. The standard InChI is InChI=1S/C45H31NOS/c1-45(2)37-26-25-34-32-13-6-8-17-40(32)47-43(34)42(37)36-24-23-31(27-38(36)45)46(30-21-19-29(20-22-30)28-11-4-3-5-12-28)39-16-10-15-35-33-14-7-9-18-41(33)48-44(35)39/h3-27H,1-2H3. The van der Waals surface area contributed by atoms with Gasteiger partial charge in [-0.2, -0.15) is 0 Å². The SMILES string of the molecule is CC1(C)c2cc(N(c3ccc(-c4ccccc4)cc3)c3cccc4c3sc3ccccc34)ccc2-c2c1ccc1c2oc2ccccc21. The highest BCUT2D eigenvalue weighted by molar-refractivity contribution is 7.26. The van der Waals surface area contributed by atoms with Crippen LogP contribution in [-0.2, 0) is 5.41 Å². The van der Waals surface area contributed by atoms with E-state index in [4.69, 9.17) is 4.42 Å². The smallest absolute Gasteiger partial charge is 0.143 e. The molecule has 0 atom stereocenters. The van der Waals surface area contributed by atoms with E-state index in [0.717, 1.165) is 22.5 Å². The molecule has 2 heterocycles. The van der Waals surface area contributed by atoms with Crippen molar-refractivity contribution in [1.29, 1.82) is 0 Å². The second kappa shape index (κ2) is 10.2. The van der Waals surface area contributed by atoms with Crippen molar-refractivity contribution in [3.8, 4) is 22.3 Å². The number of hydrogen-bond acceptors (Lipinski definition) is 3. The summed E-state index contributed by atoms with van der Waals surface area (Å²) < 4.78 is 9.17. The predicted octanol–water partition coefficient (Wildman–Crippen LogP) is 13.4. The van der Waals surface area contributed by atoms with Gasteiger partial charge in [0.25, 0.3) is 0 Å². The number of hydrogen-bond donors (Lipinski definition) is 0. The molecule has 228 valence electrons. The zero-order chi connectivity index (χ0) is 32.0. The van der Waals surface area contributed by atoms with Crippen molar-refractivity contribution in [3.63, 3.8) is 0 Å². The van der Waals surface area contributed by atoms with Gasteiger partial charge in [0.05, 0.1) is 10.4 Å². The fourth-order valence-electron chi connectivity index (χ4n) is 7.90. The summed E-state index contributed by atoms with van der Waals surface area (Å²) in [5.74, 6) is 0. The molecule has 0 saturated carbocycles. The molecule has 3 heteroatoms. The monoisotopic (exact) mass is 633 g/mol. The fourth-order valence-corrected chi connectivity index (χ4v) is 9.10. The van der Waals surface area contributed by atoms with Gasteiger partial charge in [-0.05, 0) is 70.3 Å². The van der Waals surface area contributed by atoms with Gasteiger partial charge >= 0.3 is 0 Å². The Kier molecular flexibility index (Phi) is 5.82. The van der Waals surface area contributed by atoms with Crippen LogP contribution in [0.15, 0.2) is 156 Å². The van der Waals surface area contributed by atoms with E-state index in [0.29, 0.717) is 0 Å². The molecule has 1 aliphatic carbocycles. The molecule has 0 N–H and O–H groups in total. The van der Waals surface area contributed by atoms with Gasteiger partial charge < -0.3 is 9.32 Å². The molecule has 0 radical (unpaired) electrons. The Morgan fingerprint density at radius 2 is 1.25 bits per heavy atom. The third kappa shape index (κ3) is 3.92. The number of thiophene rings is 1. The second-order valence-electron chi connectivity index (χ2n) is 13.3. The molecule has 9 aromatic rings. The maximum Gasteiger partial charge on any atom is 0.143 e. The lowest BCUT2D eigenvalue weighted by molar-refractivity contribution is 0.653. The summed E-state index contributed by atoms with van der Waals surface area (Å²) in [4.78, 5) is 2.45. The molecule has 0 fully saturated rings. The Hall–Kier alpha value is -5.64. The van der Waals surface area contributed by atoms with Crippen LogP contribution >= 0.6 is 11.3 Å². The molecular weight excluding hydrogens is 603 g/mol. The van der Waals surface area contributed by atoms with Gasteiger partial charge in [-0.15, -0.1) is 11.3 Å². The Bertz CT molecular complexity index is 2700. The Morgan fingerprint density at radius 1 is 0.542 bits per heavy atom. The number of nitrogens with zero attached hydrogens (tertiary/aromatic N) is 1. The topological polar surface area (TPSA) is 16.4 Å². The predicted molar refractivity (Wildman–Crippen MR) is 204 cm³/mol. The van der Waals surface area contributed by atoms with Gasteiger partial charge in [-0.1, -0.05) is 123 Å². The molecule has 0 spiro atoms. The van der Waals surface area contributed by atoms with Crippen LogP contribution in [0.5, 0.6) is 0 Å². The van der Waals surface area contributed by atoms with E-state index < -0.39 is 0 Å². The zero-order valence-corrected chi connectivity index (χ0v) is 27.5. The number of furan rings is 1. The average Bonchev–Trinajstić information content (AvgIpc) is 3.77. The summed E-state index contributed by atoms with van der Waals surface area (Å²) in [6.07, 6.45) is 0. The van der Waals surface area contributed by atoms with Crippen LogP contribution in [0.2, 0.25) is 0 Å². The number of benzene rings is 7. The Labute approximate surface area is 283 Å². The lowest BCUT2D eigenvalue weighted by Gasteiger charge is -2.28. The molecular formula is C45H31NOS. The molecule has 10 rings (SSSR count). The van der Waals surface area contributed by atoms with Crippen molar-refractivity contribution >= 4 is 70.5 Å². The minimum Gasteiger partial charge on any atom is -0.455 e. The Morgan fingerprint density at radius 3 is 2.10 bits per heavy atom. The van der Waals surface area contributed by atoms with E-state index in [2.05, 4.69) is 164 Å². The minimum atomic E-state index is -0.194. The van der Waals surface area contributed by atoms with E-state index in [1.54, 1.807) is 0 Å². The van der Waals surface area contributed by atoms with E-state index in [9.17, 15) is 0 Å². The first kappa shape index (κ1) is 27.5. The molecule has 0 aliphatic heterocycles. The highest BCUT2D eigenvalue weighted by atomic mass is 32.1. The molecule has 0 unspecified atom stereocenters.